The van der Waals surface area contributed by atoms with Crippen LogP contribution >= 0.6 is 55.9 Å². The lowest BCUT2D eigenvalue weighted by Gasteiger charge is -2.46. The standard InChI is InChI=1S/C94H131IN10O33S4/c1-16-96-61-48-129-67(44-65(61)122-11)136-81-76(110)73(104-138-68-43-62(106)83(54(8)132-68)140-86(114)69-50(4)71(95)79(82(125-14)78(69)123-12)137-87-77(111)80(124-13)75(109)53(7)134-87)52(6)133-88(81)135-64-27-23-19-20-24-34-94(119)45-63(107)74(103-90(116)126-15)70(64)60(94)33-42-139-141-93(9,10)35-32-66(108)97-36-37-98-89(115)130-46-55-28-30-56(31-29-55)101-84(112)51(5)100-85(113)72(49(2)3)102-91(117)128-41-40-127-39-38-99-142(120,121)105-92(118)131-47-59-57-25-21-17-18-22-26-58(57)59/h19-20,28-31,33,49,51-54,57-59,61-62,64-65,67-68,72-73,75-77,80-81,83,87-88,96,99,104,106,109-111,119H,16,21-22,25-26,32,35-48H2,1-15H3,(H,97,108)(H,98,115)(H,100,113)(H,101,112)(H,102,117)(H,103,116)(H,105,118)/b20-19-,60-33+/t51-,52?,53?,54?,57-,58+,59?,61-,62?,64-,65?,67-,68-,72-,73+,75-,76?,77?,80?,81?,83+,87-,88-,94+/m0/s1. The lowest BCUT2D eigenvalue weighted by molar-refractivity contribution is -0.336. The predicted octanol–water partition coefficient (Wildman–Crippen LogP) is 4.73. The molecule has 1 saturated carbocycles. The SMILES string of the molecule is CCN[C@H]1CO[C@@H](OC2C(O)[C@H](NO[C@H]3CC(O)[C@H](SC(=O)c4c(C)c(I)c(O[C@@H]5OC(C)[C@H](O)C(OC)C5O)c(OC)c4OC)C(C)O3)C(C)O[C@H]2O[C@H]2C#C/C=C\C#C[C@@]3(O)CC(=O)C(NC(=O)OC)=C2/C3=C\CSSC(C)(C)CCC(=O)NCCNC(=O)OCc2ccc(NC(=O)[C@H](C)NC(=O)[C@@H](NC(=O)OCCOCCNS(=O)(=O)NC(=O)OCC3[C@H]4CCC#CCC[C@@H]34)C(C)C)cc2)CC1OC. The molecule has 10 unspecified atom stereocenters. The van der Waals surface area contributed by atoms with Gasteiger partial charge in [-0.05, 0) is 156 Å². The van der Waals surface area contributed by atoms with Crippen molar-refractivity contribution in [2.24, 2.45) is 23.7 Å². The number of amides is 7. The normalized spacial score (nSPS) is 28.8. The average Bonchev–Trinajstić information content (AvgIpc) is 1.22. The number of Topliss-reactive ketones (excluding diaryl/α,β-unsaturated/α-hetero) is 1. The number of methoxy groups -OCH3 is 5. The number of hydroxylamine groups is 1. The molecule has 4 aliphatic heterocycles. The van der Waals surface area contributed by atoms with Gasteiger partial charge in [0.1, 0.15) is 61.9 Å². The van der Waals surface area contributed by atoms with Crippen molar-refractivity contribution in [2.45, 2.75) is 266 Å². The van der Waals surface area contributed by atoms with Gasteiger partial charge in [0.05, 0.1) is 117 Å². The van der Waals surface area contributed by atoms with Gasteiger partial charge in [0.2, 0.25) is 34.9 Å². The number of carbonyl (C=O) groups excluding carboxylic acids is 9. The first kappa shape index (κ1) is 115. The van der Waals surface area contributed by atoms with Crippen LogP contribution < -0.4 is 66.4 Å². The Morgan fingerprint density at radius 3 is 2.12 bits per heavy atom. The molecular formula is C94H131IN10O33S4. The zero-order valence-corrected chi connectivity index (χ0v) is 87.1. The average molecular weight is 2180 g/mol. The Hall–Kier alpha value is -8.42. The Morgan fingerprint density at radius 2 is 1.44 bits per heavy atom. The fourth-order valence-electron chi connectivity index (χ4n) is 16.9. The van der Waals surface area contributed by atoms with Gasteiger partial charge in [-0.1, -0.05) is 96.0 Å². The minimum Gasteiger partial charge on any atom is -0.492 e. The number of ether oxygens (including phenoxy) is 16. The van der Waals surface area contributed by atoms with Crippen molar-refractivity contribution in [1.82, 2.24) is 46.8 Å². The smallest absolute Gasteiger partial charge is 0.421 e. The fourth-order valence-corrected chi connectivity index (χ4v) is 21.8. The van der Waals surface area contributed by atoms with Crippen molar-refractivity contribution in [3.05, 3.63) is 79.6 Å². The first-order valence-corrected chi connectivity index (χ1v) is 52.4. The Morgan fingerprint density at radius 1 is 0.739 bits per heavy atom. The number of benzene rings is 2. The second kappa shape index (κ2) is 54.8. The van der Waals surface area contributed by atoms with Crippen LogP contribution in [0.1, 0.15) is 142 Å². The van der Waals surface area contributed by atoms with Crippen LogP contribution in [0.4, 0.5) is 24.9 Å². The van der Waals surface area contributed by atoms with Crippen molar-refractivity contribution in [3.8, 4) is 52.8 Å². The summed E-state index contributed by atoms with van der Waals surface area (Å²) in [5.41, 5.74) is 1.62. The van der Waals surface area contributed by atoms with Crippen LogP contribution in [0.5, 0.6) is 17.2 Å². The van der Waals surface area contributed by atoms with Gasteiger partial charge in [-0.3, -0.25) is 34.1 Å². The molecule has 2 aromatic carbocycles. The van der Waals surface area contributed by atoms with Gasteiger partial charge < -0.3 is 133 Å². The van der Waals surface area contributed by atoms with Crippen molar-refractivity contribution in [2.75, 3.05) is 106 Å². The van der Waals surface area contributed by atoms with E-state index >= 15 is 0 Å². The number of halogens is 1. The minimum absolute atomic E-state index is 0.00283. The first-order chi connectivity index (χ1) is 67.7. The number of likely N-dealkylation sites (N-methyl/N-ethyl adjacent to an activating group) is 1. The third-order valence-corrected chi connectivity index (χ3v) is 31.5. The molecule has 48 heteroatoms. The molecule has 4 heterocycles. The van der Waals surface area contributed by atoms with Crippen LogP contribution in [0, 0.1) is 69.7 Å². The van der Waals surface area contributed by atoms with Crippen LogP contribution in [0.2, 0.25) is 0 Å². The zero-order chi connectivity index (χ0) is 103. The van der Waals surface area contributed by atoms with Crippen LogP contribution in [0.25, 0.3) is 0 Å². The highest BCUT2D eigenvalue weighted by atomic mass is 127. The van der Waals surface area contributed by atoms with Crippen LogP contribution in [-0.4, -0.2) is 320 Å². The molecule has 43 nitrogen and oxygen atoms in total. The van der Waals surface area contributed by atoms with Gasteiger partial charge in [0.25, 0.3) is 0 Å². The maximum atomic E-state index is 14.6. The molecule has 7 amide bonds. The molecule has 142 heavy (non-hydrogen) atoms. The summed E-state index contributed by atoms with van der Waals surface area (Å²) in [4.78, 5) is 126. The number of ketones is 1. The molecule has 8 aliphatic rings. The number of fused-ring (bicyclic) bond motifs is 3. The monoisotopic (exact) mass is 2180 g/mol. The highest BCUT2D eigenvalue weighted by molar-refractivity contribution is 14.1. The number of thioether (sulfide) groups is 1. The Kier molecular flexibility index (Phi) is 44.6. The van der Waals surface area contributed by atoms with Gasteiger partial charge in [-0.15, -0.1) is 11.8 Å². The molecule has 24 atom stereocenters. The molecule has 4 aliphatic carbocycles. The number of anilines is 1. The van der Waals surface area contributed by atoms with Crippen LogP contribution in [0.15, 0.2) is 59.3 Å². The Bertz CT molecular complexity index is 5100. The van der Waals surface area contributed by atoms with Crippen molar-refractivity contribution < 1.29 is 158 Å². The van der Waals surface area contributed by atoms with E-state index in [0.717, 1.165) is 44.6 Å². The minimum atomic E-state index is -4.24. The van der Waals surface area contributed by atoms with E-state index in [1.54, 1.807) is 79.0 Å². The van der Waals surface area contributed by atoms with Crippen molar-refractivity contribution >= 4 is 125 Å². The first-order valence-electron chi connectivity index (χ1n) is 46.6. The lowest BCUT2D eigenvalue weighted by atomic mass is 9.75. The molecule has 0 radical (unpaired) electrons. The highest BCUT2D eigenvalue weighted by Gasteiger charge is 2.54. The molecule has 2 bridgehead atoms. The molecule has 5 fully saturated rings. The number of aliphatic hydroxyl groups excluding tert-OH is 4. The third kappa shape index (κ3) is 32.3. The summed E-state index contributed by atoms with van der Waals surface area (Å²) in [7, 11) is 5.19. The predicted molar refractivity (Wildman–Crippen MR) is 525 cm³/mol. The molecule has 4 saturated heterocycles. The fraction of sp³-hybridized carbons (Fsp3) is 0.649. The van der Waals surface area contributed by atoms with Gasteiger partial charge in [-0.25, -0.2) is 23.9 Å². The summed E-state index contributed by atoms with van der Waals surface area (Å²) in [5, 5.41) is 76.9. The summed E-state index contributed by atoms with van der Waals surface area (Å²) < 4.78 is 122. The third-order valence-electron chi connectivity index (χ3n) is 24.6. The number of alkyl carbamates (subject to hydrolysis) is 3. The maximum Gasteiger partial charge on any atom is 0.421 e. The number of aliphatic hydroxyl groups is 5. The summed E-state index contributed by atoms with van der Waals surface area (Å²) in [6.07, 6.45) is -14.3. The number of nitrogens with one attached hydrogen (secondary N) is 10. The summed E-state index contributed by atoms with van der Waals surface area (Å²) in [5.74, 6) is 16.2. The second-order valence-corrected chi connectivity index (χ2v) is 42.4. The van der Waals surface area contributed by atoms with Crippen molar-refractivity contribution in [3.63, 3.8) is 0 Å². The molecular weight excluding hydrogens is 2050 g/mol. The number of rotatable bonds is 46. The van der Waals surface area contributed by atoms with Crippen LogP contribution in [0.3, 0.4) is 0 Å². The van der Waals surface area contributed by atoms with Crippen molar-refractivity contribution in [1.29, 1.82) is 0 Å². The summed E-state index contributed by atoms with van der Waals surface area (Å²) in [6, 6.07) is 2.74. The van der Waals surface area contributed by atoms with Crippen LogP contribution in [-0.2, 0) is 102 Å². The van der Waals surface area contributed by atoms with E-state index < -0.39 is 196 Å². The van der Waals surface area contributed by atoms with E-state index in [2.05, 4.69) is 82.9 Å². The Balaban J connectivity index is 0.681. The van der Waals surface area contributed by atoms with Gasteiger partial charge in [-0.2, -0.15) is 18.6 Å². The Labute approximate surface area is 851 Å². The topological polar surface area (TPSA) is 566 Å². The lowest BCUT2D eigenvalue weighted by Crippen LogP contribution is -2.65. The maximum absolute atomic E-state index is 14.6. The molecule has 0 spiro atoms. The summed E-state index contributed by atoms with van der Waals surface area (Å²) >= 11 is 2.78. The largest absolute Gasteiger partial charge is 0.492 e. The molecule has 10 rings (SSSR count). The van der Waals surface area contributed by atoms with Gasteiger partial charge >= 0.3 is 34.6 Å². The second-order valence-electron chi connectivity index (χ2n) is 35.6. The molecule has 15 N–H and O–H groups in total. The van der Waals surface area contributed by atoms with E-state index in [9.17, 15) is 77.1 Å². The summed E-state index contributed by atoms with van der Waals surface area (Å²) in [6.45, 7) is 17.1. The quantitative estimate of drug-likeness (QED) is 0.0106. The van der Waals surface area contributed by atoms with Gasteiger partial charge in [0.15, 0.2) is 41.8 Å². The van der Waals surface area contributed by atoms with E-state index in [0.29, 0.717) is 45.2 Å². The number of hydrogen-bond donors (Lipinski definition) is 15. The van der Waals surface area contributed by atoms with Gasteiger partial charge in [0, 0.05) is 93.3 Å². The number of hydrogen-bond acceptors (Lipinski definition) is 38. The number of carbonyl (C=O) groups is 9. The van der Waals surface area contributed by atoms with E-state index in [-0.39, 0.29) is 142 Å². The number of allylic oxidation sites excluding steroid dienone is 3. The molecule has 2 aromatic rings. The molecule has 0 aromatic heterocycles. The zero-order valence-electron chi connectivity index (χ0n) is 81.7. The van der Waals surface area contributed by atoms with E-state index in [1.165, 1.54) is 62.0 Å². The van der Waals surface area contributed by atoms with E-state index in [4.69, 9.17) is 80.6 Å². The van der Waals surface area contributed by atoms with E-state index in [1.807, 2.05) is 48.1 Å². The highest BCUT2D eigenvalue weighted by Crippen LogP contribution is 2.53. The molecule has 786 valence electrons.